The van der Waals surface area contributed by atoms with Gasteiger partial charge < -0.3 is 19.5 Å². The SMILES string of the molecule is COc1cc(/C=C(\Cl)c2nnc(C(=O)Nc3ccccc3)s2)cc(OC)c1OC(F)F. The topological polar surface area (TPSA) is 82.6 Å². The minimum atomic E-state index is -3.05. The van der Waals surface area contributed by atoms with E-state index < -0.39 is 12.5 Å². The van der Waals surface area contributed by atoms with E-state index in [1.165, 1.54) is 32.4 Å². The normalized spacial score (nSPS) is 11.4. The van der Waals surface area contributed by atoms with Crippen LogP contribution >= 0.6 is 22.9 Å². The lowest BCUT2D eigenvalue weighted by Crippen LogP contribution is -2.11. The van der Waals surface area contributed by atoms with Gasteiger partial charge in [0.15, 0.2) is 16.5 Å². The van der Waals surface area contributed by atoms with Crippen LogP contribution in [-0.4, -0.2) is 36.9 Å². The molecule has 0 spiro atoms. The highest BCUT2D eigenvalue weighted by molar-refractivity contribution is 7.15. The third-order valence-electron chi connectivity index (χ3n) is 3.84. The number of benzene rings is 2. The fourth-order valence-corrected chi connectivity index (χ4v) is 3.44. The molecular weight excluding hydrogens is 452 g/mol. The Kier molecular flexibility index (Phi) is 7.37. The van der Waals surface area contributed by atoms with Crippen molar-refractivity contribution in [2.75, 3.05) is 19.5 Å². The van der Waals surface area contributed by atoms with Gasteiger partial charge in [-0.2, -0.15) is 8.78 Å². The summed E-state index contributed by atoms with van der Waals surface area (Å²) in [6.45, 7) is -3.05. The molecule has 11 heteroatoms. The number of nitrogens with one attached hydrogen (secondary N) is 1. The zero-order chi connectivity index (χ0) is 22.4. The van der Waals surface area contributed by atoms with Crippen LogP contribution in [0.1, 0.15) is 20.4 Å². The van der Waals surface area contributed by atoms with E-state index in [4.69, 9.17) is 21.1 Å². The van der Waals surface area contributed by atoms with Crippen LogP contribution in [0.2, 0.25) is 0 Å². The maximum absolute atomic E-state index is 12.7. The van der Waals surface area contributed by atoms with Crippen LogP contribution in [0, 0.1) is 0 Å². The summed E-state index contributed by atoms with van der Waals surface area (Å²) in [6, 6.07) is 11.8. The smallest absolute Gasteiger partial charge is 0.387 e. The van der Waals surface area contributed by atoms with Crippen molar-refractivity contribution < 1.29 is 27.8 Å². The number of amides is 1. The van der Waals surface area contributed by atoms with E-state index >= 15 is 0 Å². The van der Waals surface area contributed by atoms with Crippen LogP contribution in [0.3, 0.4) is 0 Å². The number of nitrogens with zero attached hydrogens (tertiary/aromatic N) is 2. The number of ether oxygens (including phenoxy) is 3. The number of halogens is 3. The highest BCUT2D eigenvalue weighted by Crippen LogP contribution is 2.40. The molecule has 1 heterocycles. The maximum Gasteiger partial charge on any atom is 0.387 e. The van der Waals surface area contributed by atoms with Crippen molar-refractivity contribution in [3.05, 3.63) is 58.0 Å². The summed E-state index contributed by atoms with van der Waals surface area (Å²) in [6.07, 6.45) is 1.51. The summed E-state index contributed by atoms with van der Waals surface area (Å²) < 4.78 is 40.1. The maximum atomic E-state index is 12.7. The number of aromatic nitrogens is 2. The highest BCUT2D eigenvalue weighted by atomic mass is 35.5. The average Bonchev–Trinajstić information content (AvgIpc) is 3.25. The van der Waals surface area contributed by atoms with Gasteiger partial charge in [0.05, 0.1) is 19.3 Å². The van der Waals surface area contributed by atoms with E-state index in [1.807, 2.05) is 6.07 Å². The first kappa shape index (κ1) is 22.4. The Morgan fingerprint density at radius 1 is 1.10 bits per heavy atom. The second-order valence-electron chi connectivity index (χ2n) is 5.86. The van der Waals surface area contributed by atoms with E-state index in [1.54, 1.807) is 24.3 Å². The minimum absolute atomic E-state index is 0.0376. The van der Waals surface area contributed by atoms with Gasteiger partial charge in [0.2, 0.25) is 10.8 Å². The molecule has 0 atom stereocenters. The van der Waals surface area contributed by atoms with E-state index in [-0.39, 0.29) is 27.3 Å². The number of hydrogen-bond donors (Lipinski definition) is 1. The second kappa shape index (κ2) is 10.2. The Morgan fingerprint density at radius 3 is 2.29 bits per heavy atom. The van der Waals surface area contributed by atoms with E-state index in [0.29, 0.717) is 16.3 Å². The molecule has 0 aliphatic carbocycles. The number of para-hydroxylation sites is 1. The Morgan fingerprint density at radius 2 is 1.71 bits per heavy atom. The highest BCUT2D eigenvalue weighted by Gasteiger charge is 2.19. The summed E-state index contributed by atoms with van der Waals surface area (Å²) in [4.78, 5) is 12.3. The van der Waals surface area contributed by atoms with Crippen LogP contribution in [0.5, 0.6) is 17.2 Å². The van der Waals surface area contributed by atoms with Crippen LogP contribution in [0.4, 0.5) is 14.5 Å². The van der Waals surface area contributed by atoms with Crippen molar-refractivity contribution >= 4 is 45.6 Å². The van der Waals surface area contributed by atoms with Gasteiger partial charge in [0.25, 0.3) is 5.91 Å². The molecule has 0 unspecified atom stereocenters. The zero-order valence-corrected chi connectivity index (χ0v) is 17.8. The van der Waals surface area contributed by atoms with Crippen molar-refractivity contribution in [3.63, 3.8) is 0 Å². The molecule has 3 aromatic rings. The van der Waals surface area contributed by atoms with E-state index in [2.05, 4.69) is 20.3 Å². The summed E-state index contributed by atoms with van der Waals surface area (Å²) in [5.41, 5.74) is 1.10. The summed E-state index contributed by atoms with van der Waals surface area (Å²) in [5.74, 6) is -0.577. The lowest BCUT2D eigenvalue weighted by Gasteiger charge is -2.14. The van der Waals surface area contributed by atoms with Gasteiger partial charge in [-0.15, -0.1) is 10.2 Å². The molecule has 3 rings (SSSR count). The number of rotatable bonds is 8. The fourth-order valence-electron chi connectivity index (χ4n) is 2.51. The molecule has 1 aromatic heterocycles. The molecule has 1 N–H and O–H groups in total. The van der Waals surface area contributed by atoms with Gasteiger partial charge in [-0.1, -0.05) is 41.1 Å². The minimum Gasteiger partial charge on any atom is -0.493 e. The molecule has 0 radical (unpaired) electrons. The van der Waals surface area contributed by atoms with Gasteiger partial charge in [-0.3, -0.25) is 4.79 Å². The van der Waals surface area contributed by atoms with Crippen LogP contribution in [0.25, 0.3) is 11.1 Å². The second-order valence-corrected chi connectivity index (χ2v) is 7.24. The predicted octanol–water partition coefficient (Wildman–Crippen LogP) is 5.15. The van der Waals surface area contributed by atoms with Crippen LogP contribution < -0.4 is 19.5 Å². The molecule has 7 nitrogen and oxygen atoms in total. The molecule has 0 bridgehead atoms. The first-order chi connectivity index (χ1) is 14.9. The average molecular weight is 468 g/mol. The zero-order valence-electron chi connectivity index (χ0n) is 16.3. The molecule has 31 heavy (non-hydrogen) atoms. The van der Waals surface area contributed by atoms with E-state index in [0.717, 1.165) is 11.3 Å². The lowest BCUT2D eigenvalue weighted by atomic mass is 10.1. The largest absolute Gasteiger partial charge is 0.493 e. The van der Waals surface area contributed by atoms with Crippen molar-refractivity contribution in [1.29, 1.82) is 0 Å². The molecule has 2 aromatic carbocycles. The predicted molar refractivity (Wildman–Crippen MR) is 114 cm³/mol. The van der Waals surface area contributed by atoms with Crippen molar-refractivity contribution in [1.82, 2.24) is 10.2 Å². The monoisotopic (exact) mass is 467 g/mol. The molecule has 0 saturated carbocycles. The molecule has 0 fully saturated rings. The summed E-state index contributed by atoms with van der Waals surface area (Å²) >= 11 is 7.34. The number of anilines is 1. The van der Waals surface area contributed by atoms with Crippen molar-refractivity contribution in [2.24, 2.45) is 0 Å². The van der Waals surface area contributed by atoms with Crippen LogP contribution in [-0.2, 0) is 0 Å². The molecule has 162 valence electrons. The Labute approximate surface area is 185 Å². The number of alkyl halides is 2. The number of methoxy groups -OCH3 is 2. The third-order valence-corrected chi connectivity index (χ3v) is 5.19. The molecular formula is C20H16ClF2N3O4S. The summed E-state index contributed by atoms with van der Waals surface area (Å²) in [5, 5.41) is 11.1. The molecule has 0 aliphatic heterocycles. The molecule has 1 amide bonds. The Bertz CT molecular complexity index is 1070. The van der Waals surface area contributed by atoms with Crippen LogP contribution in [0.15, 0.2) is 42.5 Å². The lowest BCUT2D eigenvalue weighted by molar-refractivity contribution is -0.0526. The van der Waals surface area contributed by atoms with Crippen molar-refractivity contribution in [2.45, 2.75) is 6.61 Å². The van der Waals surface area contributed by atoms with Crippen molar-refractivity contribution in [3.8, 4) is 17.2 Å². The fraction of sp³-hybridized carbons (Fsp3) is 0.150. The number of hydrogen-bond acceptors (Lipinski definition) is 7. The number of carbonyl (C=O) groups excluding carboxylic acids is 1. The summed E-state index contributed by atoms with van der Waals surface area (Å²) in [7, 11) is 2.62. The first-order valence-electron chi connectivity index (χ1n) is 8.69. The van der Waals surface area contributed by atoms with Gasteiger partial charge >= 0.3 is 6.61 Å². The molecule has 0 aliphatic rings. The van der Waals surface area contributed by atoms with Gasteiger partial charge in [0.1, 0.15) is 0 Å². The quantitative estimate of drug-likeness (QED) is 0.493. The van der Waals surface area contributed by atoms with Gasteiger partial charge in [-0.05, 0) is 35.9 Å². The third kappa shape index (κ3) is 5.68. The van der Waals surface area contributed by atoms with E-state index in [9.17, 15) is 13.6 Å². The van der Waals surface area contributed by atoms with Gasteiger partial charge in [0, 0.05) is 5.69 Å². The Hall–Kier alpha value is -3.24. The first-order valence-corrected chi connectivity index (χ1v) is 9.89. The molecule has 0 saturated heterocycles. The Balaban J connectivity index is 1.84. The standard InChI is InChI=1S/C20H16ClF2N3O4S/c1-28-14-9-11(10-15(29-2)16(14)30-20(22)23)8-13(21)18-25-26-19(31-18)17(27)24-12-6-4-3-5-7-12/h3-10,20H,1-2H3,(H,24,27)/b13-8-. The van der Waals surface area contributed by atoms with Gasteiger partial charge in [-0.25, -0.2) is 0 Å². The number of carbonyl (C=O) groups is 1.